The maximum absolute atomic E-state index is 15.4. The van der Waals surface area contributed by atoms with Crippen molar-refractivity contribution in [2.45, 2.75) is 31.5 Å². The summed E-state index contributed by atoms with van der Waals surface area (Å²) >= 11 is 0. The number of benzene rings is 1. The van der Waals surface area contributed by atoms with E-state index in [-0.39, 0.29) is 5.82 Å². The second-order valence-corrected chi connectivity index (χ2v) is 7.68. The van der Waals surface area contributed by atoms with Gasteiger partial charge in [0.15, 0.2) is 5.82 Å². The van der Waals surface area contributed by atoms with Gasteiger partial charge in [0.25, 0.3) is 5.91 Å². The van der Waals surface area contributed by atoms with Gasteiger partial charge in [-0.2, -0.15) is 0 Å². The van der Waals surface area contributed by atoms with Gasteiger partial charge < -0.3 is 15.8 Å². The summed E-state index contributed by atoms with van der Waals surface area (Å²) < 4.78 is 20.8. The molecule has 4 rings (SSSR count). The lowest BCUT2D eigenvalue weighted by Crippen LogP contribution is -2.41. The van der Waals surface area contributed by atoms with Gasteiger partial charge in [-0.15, -0.1) is 0 Å². The van der Waals surface area contributed by atoms with Crippen LogP contribution >= 0.6 is 0 Å². The first-order chi connectivity index (χ1) is 14.9. The molecule has 0 saturated carbocycles. The second kappa shape index (κ2) is 8.77. The van der Waals surface area contributed by atoms with Crippen molar-refractivity contribution in [2.75, 3.05) is 18.9 Å². The molecule has 3 aromatic rings. The van der Waals surface area contributed by atoms with Gasteiger partial charge in [-0.1, -0.05) is 18.2 Å². The summed E-state index contributed by atoms with van der Waals surface area (Å²) in [6, 6.07) is 12.0. The number of amides is 1. The van der Waals surface area contributed by atoms with Crippen molar-refractivity contribution < 1.29 is 13.9 Å². The molecule has 1 amide bonds. The predicted octanol–water partition coefficient (Wildman–Crippen LogP) is 3.59. The zero-order chi connectivity index (χ0) is 21.8. The minimum atomic E-state index is -2.27. The summed E-state index contributed by atoms with van der Waals surface area (Å²) in [6.07, 6.45) is 5.04. The number of alkyl halides is 1. The molecular formula is C23H24FN5O2. The van der Waals surface area contributed by atoms with Crippen molar-refractivity contribution in [1.29, 1.82) is 0 Å². The first-order valence-electron chi connectivity index (χ1n) is 10.2. The monoisotopic (exact) mass is 421 g/mol. The molecule has 0 aliphatic carbocycles. The average molecular weight is 421 g/mol. The zero-order valence-corrected chi connectivity index (χ0v) is 17.2. The van der Waals surface area contributed by atoms with Crippen LogP contribution in [0.4, 0.5) is 10.2 Å². The van der Waals surface area contributed by atoms with Crippen LogP contribution in [0.2, 0.25) is 0 Å². The van der Waals surface area contributed by atoms with Gasteiger partial charge in [-0.05, 0) is 55.5 Å². The number of anilines is 1. The van der Waals surface area contributed by atoms with E-state index >= 15 is 4.39 Å². The number of rotatable bonds is 5. The number of nitrogens with zero attached hydrogens (tertiary/aromatic N) is 3. The molecule has 1 unspecified atom stereocenters. The molecular weight excluding hydrogens is 397 g/mol. The van der Waals surface area contributed by atoms with Crippen LogP contribution in [0.15, 0.2) is 54.9 Å². The molecule has 8 heteroatoms. The van der Waals surface area contributed by atoms with Crippen LogP contribution in [-0.4, -0.2) is 34.1 Å². The van der Waals surface area contributed by atoms with Gasteiger partial charge in [0.1, 0.15) is 5.82 Å². The molecule has 1 atom stereocenters. The van der Waals surface area contributed by atoms with Crippen molar-refractivity contribution in [1.82, 2.24) is 20.3 Å². The Labute approximate surface area is 179 Å². The summed E-state index contributed by atoms with van der Waals surface area (Å²) in [7, 11) is 0. The fraction of sp³-hybridized carbons (Fsp3) is 0.304. The van der Waals surface area contributed by atoms with E-state index in [0.29, 0.717) is 41.8 Å². The molecule has 3 heterocycles. The Kier molecular flexibility index (Phi) is 5.90. The molecule has 0 radical (unpaired) electrons. The third kappa shape index (κ3) is 4.69. The van der Waals surface area contributed by atoms with Crippen LogP contribution in [0, 0.1) is 0 Å². The lowest BCUT2D eigenvalue weighted by atomic mass is 9.91. The topological polar surface area (TPSA) is 103 Å². The quantitative estimate of drug-likeness (QED) is 0.611. The van der Waals surface area contributed by atoms with E-state index in [9.17, 15) is 4.79 Å². The van der Waals surface area contributed by atoms with Crippen LogP contribution in [0.1, 0.15) is 47.4 Å². The van der Waals surface area contributed by atoms with E-state index in [4.69, 9.17) is 10.5 Å². The number of aromatic nitrogens is 3. The van der Waals surface area contributed by atoms with Crippen molar-refractivity contribution in [3.63, 3.8) is 0 Å². The number of nitrogens with two attached hydrogens (primary N) is 1. The number of nitrogen functional groups attached to an aromatic ring is 1. The van der Waals surface area contributed by atoms with E-state index in [2.05, 4.69) is 20.3 Å². The number of carbonyl (C=O) groups is 1. The number of nitrogens with one attached hydrogen (secondary N) is 1. The zero-order valence-electron chi connectivity index (χ0n) is 17.2. The highest BCUT2D eigenvalue weighted by Crippen LogP contribution is 2.32. The lowest BCUT2D eigenvalue weighted by Gasteiger charge is -2.23. The third-order valence-electron chi connectivity index (χ3n) is 5.37. The van der Waals surface area contributed by atoms with E-state index in [1.54, 1.807) is 42.6 Å². The van der Waals surface area contributed by atoms with E-state index in [0.717, 1.165) is 18.4 Å². The molecule has 31 heavy (non-hydrogen) atoms. The Morgan fingerprint density at radius 3 is 2.68 bits per heavy atom. The Hall–Kier alpha value is -3.39. The number of hydrogen-bond acceptors (Lipinski definition) is 6. The number of ether oxygens (including phenoxy) is 1. The van der Waals surface area contributed by atoms with Crippen LogP contribution in [0.5, 0.6) is 0 Å². The SMILES string of the molecule is CC(F)(NC(=O)c1ccccc1)c1nccc(-c2cc(C3CCOCC3)cnc2N)n1. The lowest BCUT2D eigenvalue weighted by molar-refractivity contribution is 0.0727. The van der Waals surface area contributed by atoms with Gasteiger partial charge >= 0.3 is 0 Å². The standard InChI is InChI=1S/C23H24FN5O2/c1-23(24,29-21(30)16-5-3-2-4-6-16)22-26-10-7-19(28-22)18-13-17(14-27-20(18)25)15-8-11-31-12-9-15/h2-7,10,13-15H,8-9,11-12H2,1H3,(H2,25,27)(H,29,30). The Balaban J connectivity index is 1.61. The van der Waals surface area contributed by atoms with E-state index < -0.39 is 11.7 Å². The minimum absolute atomic E-state index is 0.162. The summed E-state index contributed by atoms with van der Waals surface area (Å²) in [5.74, 6) is -2.36. The number of hydrogen-bond donors (Lipinski definition) is 2. The second-order valence-electron chi connectivity index (χ2n) is 7.68. The molecule has 160 valence electrons. The first-order valence-corrected chi connectivity index (χ1v) is 10.2. The largest absolute Gasteiger partial charge is 0.383 e. The van der Waals surface area contributed by atoms with Crippen molar-refractivity contribution in [3.8, 4) is 11.3 Å². The molecule has 1 aliphatic rings. The normalized spacial score (nSPS) is 16.5. The molecule has 1 aliphatic heterocycles. The van der Waals surface area contributed by atoms with Crippen LogP contribution in [-0.2, 0) is 10.5 Å². The van der Waals surface area contributed by atoms with E-state index in [1.165, 1.54) is 13.1 Å². The Morgan fingerprint density at radius 2 is 1.94 bits per heavy atom. The summed E-state index contributed by atoms with van der Waals surface area (Å²) in [5, 5.41) is 2.35. The predicted molar refractivity (Wildman–Crippen MR) is 115 cm³/mol. The fourth-order valence-corrected chi connectivity index (χ4v) is 3.62. The summed E-state index contributed by atoms with van der Waals surface area (Å²) in [4.78, 5) is 25.1. The van der Waals surface area contributed by atoms with Gasteiger partial charge in [-0.3, -0.25) is 4.79 Å². The smallest absolute Gasteiger partial charge is 0.254 e. The minimum Gasteiger partial charge on any atom is -0.383 e. The third-order valence-corrected chi connectivity index (χ3v) is 5.37. The summed E-state index contributed by atoms with van der Waals surface area (Å²) in [5.41, 5.74) is 8.56. The Bertz CT molecular complexity index is 1070. The average Bonchev–Trinajstić information content (AvgIpc) is 2.80. The number of halogens is 1. The van der Waals surface area contributed by atoms with Crippen LogP contribution in [0.25, 0.3) is 11.3 Å². The van der Waals surface area contributed by atoms with Gasteiger partial charge in [0, 0.05) is 36.7 Å². The van der Waals surface area contributed by atoms with Crippen molar-refractivity contribution in [2.24, 2.45) is 0 Å². The van der Waals surface area contributed by atoms with E-state index in [1.807, 2.05) is 6.07 Å². The molecule has 1 fully saturated rings. The van der Waals surface area contributed by atoms with Crippen molar-refractivity contribution in [3.05, 3.63) is 71.8 Å². The highest BCUT2D eigenvalue weighted by molar-refractivity contribution is 5.94. The number of carbonyl (C=O) groups excluding carboxylic acids is 1. The maximum Gasteiger partial charge on any atom is 0.254 e. The highest BCUT2D eigenvalue weighted by Gasteiger charge is 2.32. The number of pyridine rings is 1. The first kappa shape index (κ1) is 20.9. The van der Waals surface area contributed by atoms with Gasteiger partial charge in [0.05, 0.1) is 5.69 Å². The van der Waals surface area contributed by atoms with Crippen LogP contribution < -0.4 is 11.1 Å². The summed E-state index contributed by atoms with van der Waals surface area (Å²) in [6.45, 7) is 2.64. The van der Waals surface area contributed by atoms with Gasteiger partial charge in [-0.25, -0.2) is 19.3 Å². The molecule has 7 nitrogen and oxygen atoms in total. The molecule has 2 aromatic heterocycles. The van der Waals surface area contributed by atoms with Crippen molar-refractivity contribution >= 4 is 11.7 Å². The molecule has 3 N–H and O–H groups in total. The van der Waals surface area contributed by atoms with Gasteiger partial charge in [0.2, 0.25) is 5.79 Å². The highest BCUT2D eigenvalue weighted by atomic mass is 19.1. The Morgan fingerprint density at radius 1 is 1.19 bits per heavy atom. The van der Waals surface area contributed by atoms with Crippen LogP contribution in [0.3, 0.4) is 0 Å². The molecule has 0 spiro atoms. The maximum atomic E-state index is 15.4. The molecule has 1 aromatic carbocycles. The molecule has 1 saturated heterocycles. The fourth-order valence-electron chi connectivity index (χ4n) is 3.62. The molecule has 0 bridgehead atoms.